The molecule has 2 atom stereocenters. The van der Waals surface area contributed by atoms with Gasteiger partial charge in [-0.05, 0) is 37.1 Å². The second-order valence-electron chi connectivity index (χ2n) is 6.04. The van der Waals surface area contributed by atoms with Crippen molar-refractivity contribution >= 4 is 5.97 Å². The van der Waals surface area contributed by atoms with E-state index in [2.05, 4.69) is 27.3 Å². The smallest absolute Gasteiger partial charge is 0.327 e. The van der Waals surface area contributed by atoms with Gasteiger partial charge in [0.05, 0.1) is 31.4 Å². The first-order chi connectivity index (χ1) is 13.2. The second kappa shape index (κ2) is 11.0. The van der Waals surface area contributed by atoms with E-state index in [-0.39, 0.29) is 18.7 Å². The van der Waals surface area contributed by atoms with Gasteiger partial charge in [-0.2, -0.15) is 0 Å². The lowest BCUT2D eigenvalue weighted by Crippen LogP contribution is -2.47. The Kier molecular flexibility index (Phi) is 8.30. The number of aromatic nitrogens is 2. The van der Waals surface area contributed by atoms with Gasteiger partial charge < -0.3 is 25.2 Å². The molecule has 3 N–H and O–H groups in total. The van der Waals surface area contributed by atoms with E-state index in [4.69, 9.17) is 15.3 Å². The normalized spacial score (nSPS) is 17.4. The summed E-state index contributed by atoms with van der Waals surface area (Å²) in [5.74, 6) is 4.72. The Hall–Kier alpha value is -2.88. The Bertz CT molecular complexity index is 645. The summed E-state index contributed by atoms with van der Waals surface area (Å²) in [5, 5.41) is 11.9. The van der Waals surface area contributed by atoms with Crippen LogP contribution >= 0.6 is 0 Å². The molecule has 0 aromatic carbocycles. The van der Waals surface area contributed by atoms with E-state index in [1.807, 2.05) is 16.8 Å². The Morgan fingerprint density at radius 2 is 2.48 bits per heavy atom. The second-order valence-corrected chi connectivity index (χ2v) is 6.04. The average Bonchev–Trinajstić information content (AvgIpc) is 3.21. The van der Waals surface area contributed by atoms with E-state index in [1.54, 1.807) is 18.8 Å². The number of hydrogen-bond acceptors (Lipinski definition) is 7. The fourth-order valence-electron chi connectivity index (χ4n) is 2.80. The summed E-state index contributed by atoms with van der Waals surface area (Å²) < 4.78 is 12.5. The molecule has 0 bridgehead atoms. The first-order valence-electron chi connectivity index (χ1n) is 8.79. The minimum absolute atomic E-state index is 0.133. The number of nitrogens with zero attached hydrogens (tertiary/aromatic N) is 5. The number of rotatable bonds is 11. The van der Waals surface area contributed by atoms with Gasteiger partial charge in [0.2, 0.25) is 0 Å². The molecule has 10 heteroatoms. The van der Waals surface area contributed by atoms with Crippen LogP contribution < -0.4 is 11.2 Å². The molecule has 27 heavy (non-hydrogen) atoms. The monoisotopic (exact) mass is 377 g/mol. The molecule has 0 spiro atoms. The Morgan fingerprint density at radius 1 is 1.63 bits per heavy atom. The van der Waals surface area contributed by atoms with Gasteiger partial charge in [0, 0.05) is 18.9 Å². The Balaban J connectivity index is 2.01. The first-order valence-corrected chi connectivity index (χ1v) is 8.79. The van der Waals surface area contributed by atoms with Crippen molar-refractivity contribution in [2.45, 2.75) is 38.0 Å². The van der Waals surface area contributed by atoms with E-state index in [9.17, 15) is 4.79 Å². The maximum atomic E-state index is 11.7. The van der Waals surface area contributed by atoms with Crippen molar-refractivity contribution < 1.29 is 14.3 Å². The SMILES string of the molecule is C=C(C(NCCCn1ccnc1)[C@@H]1CCC=CO1)N(CC(=O)OC)/N=N\N. The molecule has 0 amide bonds. The number of nitrogens with one attached hydrogen (secondary N) is 1. The molecule has 1 unspecified atom stereocenters. The number of imidazole rings is 1. The van der Waals surface area contributed by atoms with Crippen LogP contribution in [0.2, 0.25) is 0 Å². The quantitative estimate of drug-likeness (QED) is 0.195. The van der Waals surface area contributed by atoms with Gasteiger partial charge >= 0.3 is 5.97 Å². The molecule has 10 nitrogen and oxygen atoms in total. The highest BCUT2D eigenvalue weighted by atomic mass is 16.5. The molecule has 2 rings (SSSR count). The molecular weight excluding hydrogens is 350 g/mol. The number of carbonyl (C=O) groups is 1. The van der Waals surface area contributed by atoms with Crippen molar-refractivity contribution in [2.75, 3.05) is 20.2 Å². The zero-order chi connectivity index (χ0) is 19.5. The van der Waals surface area contributed by atoms with E-state index >= 15 is 0 Å². The lowest BCUT2D eigenvalue weighted by atomic mass is 10.0. The molecule has 1 aliphatic heterocycles. The summed E-state index contributed by atoms with van der Waals surface area (Å²) in [7, 11) is 1.31. The largest absolute Gasteiger partial charge is 0.496 e. The van der Waals surface area contributed by atoms with Crippen molar-refractivity contribution in [3.05, 3.63) is 43.3 Å². The predicted molar refractivity (Wildman–Crippen MR) is 98.8 cm³/mol. The topological polar surface area (TPSA) is 119 Å². The van der Waals surface area contributed by atoms with Crippen LogP contribution in [0.4, 0.5) is 0 Å². The molecule has 0 saturated heterocycles. The third kappa shape index (κ3) is 6.41. The van der Waals surface area contributed by atoms with Gasteiger partial charge in [-0.15, -0.1) is 0 Å². The fourth-order valence-corrected chi connectivity index (χ4v) is 2.80. The van der Waals surface area contributed by atoms with E-state index < -0.39 is 5.97 Å². The minimum atomic E-state index is -0.466. The van der Waals surface area contributed by atoms with Crippen LogP contribution in [-0.4, -0.2) is 52.9 Å². The van der Waals surface area contributed by atoms with Crippen LogP contribution in [0.5, 0.6) is 0 Å². The van der Waals surface area contributed by atoms with Crippen LogP contribution in [0.3, 0.4) is 0 Å². The van der Waals surface area contributed by atoms with Crippen molar-refractivity contribution in [3.8, 4) is 0 Å². The molecular formula is C17H27N7O3. The number of aryl methyl sites for hydroxylation is 1. The van der Waals surface area contributed by atoms with Crippen LogP contribution in [-0.2, 0) is 20.8 Å². The van der Waals surface area contributed by atoms with E-state index in [0.29, 0.717) is 5.70 Å². The molecule has 148 valence electrons. The summed E-state index contributed by atoms with van der Waals surface area (Å²) in [4.78, 5) is 15.7. The maximum absolute atomic E-state index is 11.7. The highest BCUT2D eigenvalue weighted by molar-refractivity contribution is 5.71. The zero-order valence-electron chi connectivity index (χ0n) is 15.5. The van der Waals surface area contributed by atoms with Crippen molar-refractivity contribution in [3.63, 3.8) is 0 Å². The molecule has 1 aliphatic rings. The summed E-state index contributed by atoms with van der Waals surface area (Å²) in [5.41, 5.74) is 0.539. The number of methoxy groups -OCH3 is 1. The highest BCUT2D eigenvalue weighted by Gasteiger charge is 2.29. The number of esters is 1. The molecule has 2 heterocycles. The lowest BCUT2D eigenvalue weighted by Gasteiger charge is -2.33. The predicted octanol–water partition coefficient (Wildman–Crippen LogP) is 1.15. The zero-order valence-corrected chi connectivity index (χ0v) is 15.5. The van der Waals surface area contributed by atoms with Crippen molar-refractivity contribution in [2.24, 2.45) is 16.3 Å². The molecule has 1 aromatic rings. The summed E-state index contributed by atoms with van der Waals surface area (Å²) in [6, 6.07) is -0.257. The molecule has 1 aromatic heterocycles. The fraction of sp³-hybridized carbons (Fsp3) is 0.529. The van der Waals surface area contributed by atoms with Crippen LogP contribution in [0.25, 0.3) is 0 Å². The number of hydrogen-bond donors (Lipinski definition) is 2. The molecule has 0 radical (unpaired) electrons. The third-order valence-corrected chi connectivity index (χ3v) is 4.21. The number of allylic oxidation sites excluding steroid dienone is 1. The lowest BCUT2D eigenvalue weighted by molar-refractivity contribution is -0.141. The van der Waals surface area contributed by atoms with E-state index in [1.165, 1.54) is 12.1 Å². The van der Waals surface area contributed by atoms with Crippen molar-refractivity contribution in [1.29, 1.82) is 0 Å². The standard InChI is InChI=1S/C17H27N7O3/c1-14(24(22-21-18)12-16(25)26-2)17(15-6-3-4-11-27-15)20-7-5-9-23-10-8-19-13-23/h4,8,10-11,13,15,17,20H,1,3,5-7,9,12H2,2H3,(H2,18,22)/t15-,17?/m0/s1. The Labute approximate surface area is 158 Å². The van der Waals surface area contributed by atoms with Crippen molar-refractivity contribution in [1.82, 2.24) is 19.9 Å². The average molecular weight is 377 g/mol. The summed E-state index contributed by atoms with van der Waals surface area (Å²) in [6.45, 7) is 5.52. The number of ether oxygens (including phenoxy) is 2. The van der Waals surface area contributed by atoms with Gasteiger partial charge in [-0.25, -0.2) is 9.99 Å². The number of carbonyl (C=O) groups excluding carboxylic acids is 1. The summed E-state index contributed by atoms with van der Waals surface area (Å²) >= 11 is 0. The molecule has 0 aliphatic carbocycles. The third-order valence-electron chi connectivity index (χ3n) is 4.21. The Morgan fingerprint density at radius 3 is 3.11 bits per heavy atom. The first kappa shape index (κ1) is 20.4. The molecule has 0 fully saturated rings. The molecule has 0 saturated carbocycles. The van der Waals surface area contributed by atoms with Crippen LogP contribution in [0.15, 0.2) is 53.8 Å². The van der Waals surface area contributed by atoms with Crippen LogP contribution in [0, 0.1) is 0 Å². The van der Waals surface area contributed by atoms with Gasteiger partial charge in [0.1, 0.15) is 12.6 Å². The van der Waals surface area contributed by atoms with Gasteiger partial charge in [-0.3, -0.25) is 4.79 Å². The summed E-state index contributed by atoms with van der Waals surface area (Å²) in [6.07, 6.45) is 11.6. The van der Waals surface area contributed by atoms with E-state index in [0.717, 1.165) is 32.4 Å². The number of nitrogens with two attached hydrogens (primary N) is 1. The highest BCUT2D eigenvalue weighted by Crippen LogP contribution is 2.21. The van der Waals surface area contributed by atoms with Crippen LogP contribution in [0.1, 0.15) is 19.3 Å². The van der Waals surface area contributed by atoms with Gasteiger partial charge in [0.15, 0.2) is 0 Å². The minimum Gasteiger partial charge on any atom is -0.496 e. The van der Waals surface area contributed by atoms with Gasteiger partial charge in [-0.1, -0.05) is 11.8 Å². The van der Waals surface area contributed by atoms with Gasteiger partial charge in [0.25, 0.3) is 0 Å². The maximum Gasteiger partial charge on any atom is 0.327 e.